The highest BCUT2D eigenvalue weighted by Gasteiger charge is 2.55. The highest BCUT2D eigenvalue weighted by Crippen LogP contribution is 2.37. The number of hydrogen-bond donors (Lipinski definition) is 3. The number of unbranched alkanes of at least 4 members (excludes halogenated alkanes) is 1. The molecule has 1 saturated carbocycles. The van der Waals surface area contributed by atoms with E-state index < -0.39 is 23.7 Å². The Labute approximate surface area is 253 Å². The summed E-state index contributed by atoms with van der Waals surface area (Å²) in [6, 6.07) is 11.3. The summed E-state index contributed by atoms with van der Waals surface area (Å²) in [6.07, 6.45) is 5.92. The number of aromatic carboxylic acids is 1. The van der Waals surface area contributed by atoms with E-state index in [9.17, 15) is 24.6 Å². The maximum atomic E-state index is 13.8. The third kappa shape index (κ3) is 6.50. The molecule has 10 heteroatoms. The second kappa shape index (κ2) is 13.3. The SMILES string of the molecule is CCCCN1C(=O)[C@@H](C(O)C2CCCC2)NC(=O)C12CCN(Cc1ccc(Oc3ccc(C(=O)O)cc3OC)cc1)CC2. The largest absolute Gasteiger partial charge is 0.493 e. The summed E-state index contributed by atoms with van der Waals surface area (Å²) in [7, 11) is 1.47. The van der Waals surface area contributed by atoms with E-state index in [1.807, 2.05) is 24.3 Å². The maximum Gasteiger partial charge on any atom is 0.335 e. The van der Waals surface area contributed by atoms with Gasteiger partial charge in [0, 0.05) is 26.2 Å². The average Bonchev–Trinajstić information content (AvgIpc) is 3.56. The minimum atomic E-state index is -1.04. The minimum Gasteiger partial charge on any atom is -0.493 e. The number of aliphatic hydroxyl groups is 1. The van der Waals surface area contributed by atoms with Crippen LogP contribution in [0, 0.1) is 5.92 Å². The van der Waals surface area contributed by atoms with Crippen molar-refractivity contribution in [3.05, 3.63) is 53.6 Å². The Balaban J connectivity index is 1.21. The van der Waals surface area contributed by atoms with Gasteiger partial charge in [0.2, 0.25) is 11.8 Å². The lowest BCUT2D eigenvalue weighted by Gasteiger charge is -2.52. The molecule has 2 amide bonds. The molecule has 0 aromatic heterocycles. The number of hydrogen-bond acceptors (Lipinski definition) is 7. The molecule has 0 radical (unpaired) electrons. The molecule has 1 unspecified atom stereocenters. The standard InChI is InChI=1S/C33H43N3O7/c1-3-4-17-36-30(38)28(29(37)23-7-5-6-8-23)34-32(41)33(36)15-18-35(19-16-33)21-22-9-12-25(13-10-22)43-26-14-11-24(31(39)40)20-27(26)42-2/h9-14,20,23,28-29,37H,3-8,15-19,21H2,1-2H3,(H,34,41)(H,39,40)/t28-,29?/m1/s1. The van der Waals surface area contributed by atoms with Crippen molar-refractivity contribution in [2.75, 3.05) is 26.7 Å². The van der Waals surface area contributed by atoms with Gasteiger partial charge in [0.05, 0.1) is 18.8 Å². The van der Waals surface area contributed by atoms with E-state index in [1.165, 1.54) is 19.2 Å². The number of carboxylic acid groups (broad SMARTS) is 1. The predicted molar refractivity (Wildman–Crippen MR) is 160 cm³/mol. The molecule has 2 aromatic carbocycles. The van der Waals surface area contributed by atoms with Crippen molar-refractivity contribution >= 4 is 17.8 Å². The van der Waals surface area contributed by atoms with E-state index in [1.54, 1.807) is 11.0 Å². The highest BCUT2D eigenvalue weighted by molar-refractivity contribution is 6.00. The third-order valence-electron chi connectivity index (χ3n) is 9.37. The molecule has 3 aliphatic rings. The fourth-order valence-electron chi connectivity index (χ4n) is 6.79. The molecule has 43 heavy (non-hydrogen) atoms. The lowest BCUT2D eigenvalue weighted by atomic mass is 9.80. The lowest BCUT2D eigenvalue weighted by molar-refractivity contribution is -0.165. The van der Waals surface area contributed by atoms with Crippen molar-refractivity contribution in [2.45, 2.75) is 82.5 Å². The third-order valence-corrected chi connectivity index (χ3v) is 9.37. The molecule has 2 saturated heterocycles. The summed E-state index contributed by atoms with van der Waals surface area (Å²) < 4.78 is 11.3. The van der Waals surface area contributed by atoms with Crippen molar-refractivity contribution in [3.8, 4) is 17.2 Å². The number of benzene rings is 2. The molecular weight excluding hydrogens is 550 g/mol. The Morgan fingerprint density at radius 2 is 1.77 bits per heavy atom. The number of methoxy groups -OCH3 is 1. The summed E-state index contributed by atoms with van der Waals surface area (Å²) in [5.74, 6) is 0.125. The first-order chi connectivity index (χ1) is 20.8. The zero-order chi connectivity index (χ0) is 30.6. The van der Waals surface area contributed by atoms with Crippen LogP contribution in [-0.4, -0.2) is 82.2 Å². The van der Waals surface area contributed by atoms with E-state index >= 15 is 0 Å². The van der Waals surface area contributed by atoms with E-state index in [0.29, 0.717) is 56.3 Å². The summed E-state index contributed by atoms with van der Waals surface area (Å²) in [6.45, 7) is 4.65. The van der Waals surface area contributed by atoms with Crippen LogP contribution in [0.4, 0.5) is 0 Å². The Morgan fingerprint density at radius 1 is 1.07 bits per heavy atom. The first kappa shape index (κ1) is 30.8. The number of carbonyl (C=O) groups is 3. The average molecular weight is 594 g/mol. The van der Waals surface area contributed by atoms with E-state index in [0.717, 1.165) is 44.1 Å². The van der Waals surface area contributed by atoms with E-state index in [2.05, 4.69) is 17.1 Å². The molecule has 2 heterocycles. The number of nitrogens with one attached hydrogen (secondary N) is 1. The monoisotopic (exact) mass is 593 g/mol. The molecule has 1 spiro atoms. The van der Waals surface area contributed by atoms with Crippen LogP contribution in [0.3, 0.4) is 0 Å². The van der Waals surface area contributed by atoms with Crippen molar-refractivity contribution in [1.82, 2.24) is 15.1 Å². The molecule has 2 aromatic rings. The fourth-order valence-corrected chi connectivity index (χ4v) is 6.79. The van der Waals surface area contributed by atoms with Crippen LogP contribution in [0.2, 0.25) is 0 Å². The molecule has 3 fully saturated rings. The molecule has 1 aliphatic carbocycles. The van der Waals surface area contributed by atoms with Gasteiger partial charge >= 0.3 is 5.97 Å². The zero-order valence-corrected chi connectivity index (χ0v) is 25.1. The Morgan fingerprint density at radius 3 is 2.40 bits per heavy atom. The second-order valence-electron chi connectivity index (χ2n) is 12.1. The molecule has 3 N–H and O–H groups in total. The number of piperidine rings is 1. The number of piperazine rings is 1. The number of ether oxygens (including phenoxy) is 2. The zero-order valence-electron chi connectivity index (χ0n) is 25.1. The maximum absolute atomic E-state index is 13.8. The minimum absolute atomic E-state index is 0.0643. The smallest absolute Gasteiger partial charge is 0.335 e. The molecule has 10 nitrogen and oxygen atoms in total. The van der Waals surface area contributed by atoms with Crippen molar-refractivity contribution in [2.24, 2.45) is 5.92 Å². The van der Waals surface area contributed by atoms with Gasteiger partial charge < -0.3 is 29.9 Å². The fraction of sp³-hybridized carbons (Fsp3) is 0.545. The highest BCUT2D eigenvalue weighted by atomic mass is 16.5. The van der Waals surface area contributed by atoms with Gasteiger partial charge in [-0.25, -0.2) is 4.79 Å². The molecule has 232 valence electrons. The predicted octanol–water partition coefficient (Wildman–Crippen LogP) is 4.20. The number of rotatable bonds is 11. The number of carbonyl (C=O) groups excluding carboxylic acids is 2. The van der Waals surface area contributed by atoms with Gasteiger partial charge in [-0.1, -0.05) is 38.3 Å². The quantitative estimate of drug-likeness (QED) is 0.354. The summed E-state index contributed by atoms with van der Waals surface area (Å²) in [4.78, 5) is 42.8. The first-order valence-electron chi connectivity index (χ1n) is 15.5. The Hall–Kier alpha value is -3.63. The van der Waals surface area contributed by atoms with Gasteiger partial charge in [-0.2, -0.15) is 0 Å². The summed E-state index contributed by atoms with van der Waals surface area (Å²) in [5, 5.41) is 23.2. The van der Waals surface area contributed by atoms with Crippen LogP contribution in [0.1, 0.15) is 74.2 Å². The van der Waals surface area contributed by atoms with Crippen molar-refractivity contribution in [3.63, 3.8) is 0 Å². The van der Waals surface area contributed by atoms with Crippen LogP contribution < -0.4 is 14.8 Å². The van der Waals surface area contributed by atoms with E-state index in [-0.39, 0.29) is 23.3 Å². The molecular formula is C33H43N3O7. The van der Waals surface area contributed by atoms with E-state index in [4.69, 9.17) is 9.47 Å². The molecule has 2 aliphatic heterocycles. The van der Waals surface area contributed by atoms with Crippen LogP contribution >= 0.6 is 0 Å². The molecule has 2 atom stereocenters. The van der Waals surface area contributed by atoms with Gasteiger partial charge in [0.1, 0.15) is 17.3 Å². The summed E-state index contributed by atoms with van der Waals surface area (Å²) in [5.41, 5.74) is 0.331. The van der Waals surface area contributed by atoms with Crippen LogP contribution in [0.25, 0.3) is 0 Å². The normalized spacial score (nSPS) is 21.6. The van der Waals surface area contributed by atoms with Gasteiger partial charge in [-0.15, -0.1) is 0 Å². The van der Waals surface area contributed by atoms with Crippen LogP contribution in [-0.2, 0) is 16.1 Å². The topological polar surface area (TPSA) is 129 Å². The Bertz CT molecular complexity index is 1300. The van der Waals surface area contributed by atoms with Crippen molar-refractivity contribution in [1.29, 1.82) is 0 Å². The van der Waals surface area contributed by atoms with Gasteiger partial charge in [0.15, 0.2) is 11.5 Å². The van der Waals surface area contributed by atoms with Gasteiger partial charge in [0.25, 0.3) is 0 Å². The first-order valence-corrected chi connectivity index (χ1v) is 15.5. The number of aliphatic hydroxyl groups excluding tert-OH is 1. The second-order valence-corrected chi connectivity index (χ2v) is 12.1. The van der Waals surface area contributed by atoms with Crippen LogP contribution in [0.5, 0.6) is 17.2 Å². The van der Waals surface area contributed by atoms with Gasteiger partial charge in [-0.05, 0) is 73.9 Å². The number of likely N-dealkylation sites (tertiary alicyclic amines) is 1. The summed E-state index contributed by atoms with van der Waals surface area (Å²) >= 11 is 0. The van der Waals surface area contributed by atoms with Gasteiger partial charge in [-0.3, -0.25) is 14.5 Å². The number of nitrogens with zero attached hydrogens (tertiary/aromatic N) is 2. The van der Waals surface area contributed by atoms with Crippen LogP contribution in [0.15, 0.2) is 42.5 Å². The number of carboxylic acids is 1. The molecule has 0 bridgehead atoms. The Kier molecular flexibility index (Phi) is 9.56. The molecule has 5 rings (SSSR count). The van der Waals surface area contributed by atoms with Crippen molar-refractivity contribution < 1.29 is 34.1 Å². The number of amides is 2. The lowest BCUT2D eigenvalue weighted by Crippen LogP contribution is -2.75.